The highest BCUT2D eigenvalue weighted by Crippen LogP contribution is 2.22. The van der Waals surface area contributed by atoms with E-state index < -0.39 is 0 Å². The Balaban J connectivity index is 1.92. The summed E-state index contributed by atoms with van der Waals surface area (Å²) >= 11 is 0. The van der Waals surface area contributed by atoms with Crippen molar-refractivity contribution in [3.63, 3.8) is 0 Å². The summed E-state index contributed by atoms with van der Waals surface area (Å²) in [6.07, 6.45) is 7.09. The van der Waals surface area contributed by atoms with Crippen LogP contribution < -0.4 is 5.32 Å². The Kier molecular flexibility index (Phi) is 4.11. The highest BCUT2D eigenvalue weighted by atomic mass is 16.1. The largest absolute Gasteiger partial charge is 0.310 e. The van der Waals surface area contributed by atoms with Crippen LogP contribution in [0, 0.1) is 0 Å². The normalized spacial score (nSPS) is 14.5. The van der Waals surface area contributed by atoms with Gasteiger partial charge in [-0.2, -0.15) is 0 Å². The summed E-state index contributed by atoms with van der Waals surface area (Å²) in [6, 6.07) is 6.85. The molecule has 0 aliphatic heterocycles. The van der Waals surface area contributed by atoms with Crippen molar-refractivity contribution < 1.29 is 4.79 Å². The third kappa shape index (κ3) is 2.92. The number of aldehydes is 1. The molecule has 0 amide bonds. The SMILES string of the molecule is O=CCNCCc1ccc2c(c1)CCCC2. The van der Waals surface area contributed by atoms with Gasteiger partial charge in [-0.3, -0.25) is 0 Å². The van der Waals surface area contributed by atoms with E-state index in [0.29, 0.717) is 6.54 Å². The highest BCUT2D eigenvalue weighted by Gasteiger charge is 2.08. The lowest BCUT2D eigenvalue weighted by atomic mass is 9.90. The van der Waals surface area contributed by atoms with Crippen LogP contribution in [-0.2, 0) is 24.1 Å². The van der Waals surface area contributed by atoms with Crippen LogP contribution in [0.25, 0.3) is 0 Å². The zero-order chi connectivity index (χ0) is 11.2. The quantitative estimate of drug-likeness (QED) is 0.603. The van der Waals surface area contributed by atoms with Gasteiger partial charge in [-0.25, -0.2) is 0 Å². The molecule has 2 heteroatoms. The van der Waals surface area contributed by atoms with Gasteiger partial charge in [-0.05, 0) is 55.3 Å². The van der Waals surface area contributed by atoms with Gasteiger partial charge in [0.25, 0.3) is 0 Å². The molecule has 1 aliphatic carbocycles. The highest BCUT2D eigenvalue weighted by molar-refractivity contribution is 5.51. The first-order valence-corrected chi connectivity index (χ1v) is 6.15. The van der Waals surface area contributed by atoms with Crippen molar-refractivity contribution in [3.05, 3.63) is 34.9 Å². The van der Waals surface area contributed by atoms with Gasteiger partial charge in [0.1, 0.15) is 6.29 Å². The van der Waals surface area contributed by atoms with Crippen molar-refractivity contribution in [1.29, 1.82) is 0 Å². The molecule has 0 spiro atoms. The van der Waals surface area contributed by atoms with Crippen LogP contribution >= 0.6 is 0 Å². The Labute approximate surface area is 97.1 Å². The monoisotopic (exact) mass is 217 g/mol. The standard InChI is InChI=1S/C14H19NO/c16-10-9-15-8-7-12-5-6-13-3-1-2-4-14(13)11-12/h5-6,10-11,15H,1-4,7-9H2. The van der Waals surface area contributed by atoms with E-state index in [9.17, 15) is 4.79 Å². The van der Waals surface area contributed by atoms with E-state index in [1.165, 1.54) is 36.8 Å². The lowest BCUT2D eigenvalue weighted by molar-refractivity contribution is -0.107. The molecule has 0 bridgehead atoms. The summed E-state index contributed by atoms with van der Waals surface area (Å²) in [7, 11) is 0. The first-order chi connectivity index (χ1) is 7.90. The molecule has 0 saturated heterocycles. The van der Waals surface area contributed by atoms with Gasteiger partial charge in [-0.1, -0.05) is 18.2 Å². The molecule has 1 aromatic rings. The van der Waals surface area contributed by atoms with Gasteiger partial charge in [-0.15, -0.1) is 0 Å². The third-order valence-electron chi connectivity index (χ3n) is 3.23. The maximum absolute atomic E-state index is 10.1. The Bertz CT molecular complexity index is 360. The first kappa shape index (κ1) is 11.3. The number of hydrogen-bond donors (Lipinski definition) is 1. The van der Waals surface area contributed by atoms with E-state index in [4.69, 9.17) is 0 Å². The molecule has 0 unspecified atom stereocenters. The molecule has 1 aromatic carbocycles. The molecular weight excluding hydrogens is 198 g/mol. The third-order valence-corrected chi connectivity index (χ3v) is 3.23. The molecule has 0 saturated carbocycles. The van der Waals surface area contributed by atoms with Crippen molar-refractivity contribution in [2.75, 3.05) is 13.1 Å². The Morgan fingerprint density at radius 2 is 2.00 bits per heavy atom. The van der Waals surface area contributed by atoms with Gasteiger partial charge in [0, 0.05) is 0 Å². The maximum atomic E-state index is 10.1. The molecule has 86 valence electrons. The van der Waals surface area contributed by atoms with E-state index in [2.05, 4.69) is 23.5 Å². The Hall–Kier alpha value is -1.15. The molecule has 0 aromatic heterocycles. The fourth-order valence-corrected chi connectivity index (χ4v) is 2.34. The molecule has 1 N–H and O–H groups in total. The molecule has 16 heavy (non-hydrogen) atoms. The predicted molar refractivity (Wildman–Crippen MR) is 65.7 cm³/mol. The van der Waals surface area contributed by atoms with Gasteiger partial charge in [0.05, 0.1) is 6.54 Å². The molecular formula is C14H19NO. The maximum Gasteiger partial charge on any atom is 0.133 e. The van der Waals surface area contributed by atoms with Crippen molar-refractivity contribution in [2.45, 2.75) is 32.1 Å². The smallest absolute Gasteiger partial charge is 0.133 e. The van der Waals surface area contributed by atoms with Crippen LogP contribution in [0.2, 0.25) is 0 Å². The molecule has 0 atom stereocenters. The second-order valence-corrected chi connectivity index (χ2v) is 4.43. The van der Waals surface area contributed by atoms with Crippen molar-refractivity contribution >= 4 is 6.29 Å². The zero-order valence-corrected chi connectivity index (χ0v) is 9.67. The van der Waals surface area contributed by atoms with E-state index in [-0.39, 0.29) is 0 Å². The van der Waals surface area contributed by atoms with E-state index >= 15 is 0 Å². The summed E-state index contributed by atoms with van der Waals surface area (Å²) in [4.78, 5) is 10.1. The molecule has 0 heterocycles. The number of aryl methyl sites for hydroxylation is 2. The minimum atomic E-state index is 0.463. The molecule has 1 aliphatic rings. The van der Waals surface area contributed by atoms with Crippen LogP contribution in [-0.4, -0.2) is 19.4 Å². The number of benzene rings is 1. The minimum Gasteiger partial charge on any atom is -0.310 e. The fourth-order valence-electron chi connectivity index (χ4n) is 2.34. The van der Waals surface area contributed by atoms with Crippen LogP contribution in [0.4, 0.5) is 0 Å². The number of fused-ring (bicyclic) bond motifs is 1. The average molecular weight is 217 g/mol. The minimum absolute atomic E-state index is 0.463. The summed E-state index contributed by atoms with van der Waals surface area (Å²) in [5.74, 6) is 0. The lowest BCUT2D eigenvalue weighted by Crippen LogP contribution is -2.19. The lowest BCUT2D eigenvalue weighted by Gasteiger charge is -2.16. The van der Waals surface area contributed by atoms with Crippen LogP contribution in [0.3, 0.4) is 0 Å². The van der Waals surface area contributed by atoms with E-state index in [0.717, 1.165) is 19.3 Å². The fraction of sp³-hybridized carbons (Fsp3) is 0.500. The van der Waals surface area contributed by atoms with Crippen LogP contribution in [0.1, 0.15) is 29.5 Å². The Morgan fingerprint density at radius 1 is 1.19 bits per heavy atom. The van der Waals surface area contributed by atoms with Gasteiger partial charge in [0.15, 0.2) is 0 Å². The topological polar surface area (TPSA) is 29.1 Å². The molecule has 2 nitrogen and oxygen atoms in total. The summed E-state index contributed by atoms with van der Waals surface area (Å²) < 4.78 is 0. The van der Waals surface area contributed by atoms with Gasteiger partial charge < -0.3 is 10.1 Å². The summed E-state index contributed by atoms with van der Waals surface area (Å²) in [5.41, 5.74) is 4.47. The van der Waals surface area contributed by atoms with Gasteiger partial charge >= 0.3 is 0 Å². The number of carbonyl (C=O) groups is 1. The number of nitrogens with one attached hydrogen (secondary N) is 1. The van der Waals surface area contributed by atoms with Crippen LogP contribution in [0.5, 0.6) is 0 Å². The number of carbonyl (C=O) groups excluding carboxylic acids is 1. The van der Waals surface area contributed by atoms with Gasteiger partial charge in [0.2, 0.25) is 0 Å². The van der Waals surface area contributed by atoms with E-state index in [1.54, 1.807) is 5.56 Å². The Morgan fingerprint density at radius 3 is 2.81 bits per heavy atom. The second kappa shape index (κ2) is 5.80. The number of rotatable bonds is 5. The molecule has 2 rings (SSSR count). The summed E-state index contributed by atoms with van der Waals surface area (Å²) in [6.45, 7) is 1.35. The predicted octanol–water partition coefficient (Wildman–Crippen LogP) is 1.90. The van der Waals surface area contributed by atoms with Crippen molar-refractivity contribution in [2.24, 2.45) is 0 Å². The first-order valence-electron chi connectivity index (χ1n) is 6.15. The average Bonchev–Trinajstić information content (AvgIpc) is 2.34. The van der Waals surface area contributed by atoms with Crippen molar-refractivity contribution in [3.8, 4) is 0 Å². The summed E-state index contributed by atoms with van der Waals surface area (Å²) in [5, 5.41) is 3.10. The van der Waals surface area contributed by atoms with E-state index in [1.807, 2.05) is 0 Å². The van der Waals surface area contributed by atoms with Crippen LogP contribution in [0.15, 0.2) is 18.2 Å². The number of hydrogen-bond acceptors (Lipinski definition) is 2. The zero-order valence-electron chi connectivity index (χ0n) is 9.67. The second-order valence-electron chi connectivity index (χ2n) is 4.43. The molecule has 0 fully saturated rings. The molecule has 0 radical (unpaired) electrons. The van der Waals surface area contributed by atoms with Crippen molar-refractivity contribution in [1.82, 2.24) is 5.32 Å².